The predicted octanol–water partition coefficient (Wildman–Crippen LogP) is 4.38. The number of aromatic nitrogens is 3. The molecule has 1 aromatic heterocycles. The molecule has 0 aliphatic carbocycles. The maximum Gasteiger partial charge on any atom is 0.341 e. The van der Waals surface area contributed by atoms with Gasteiger partial charge in [-0.2, -0.15) is 4.98 Å². The zero-order chi connectivity index (χ0) is 21.1. The number of thioether (sulfide) groups is 1. The Morgan fingerprint density at radius 2 is 2.13 bits per heavy atom. The summed E-state index contributed by atoms with van der Waals surface area (Å²) >= 11 is 4.93. The van der Waals surface area contributed by atoms with E-state index >= 15 is 0 Å². The molecule has 154 valence electrons. The van der Waals surface area contributed by atoms with Gasteiger partial charge in [-0.3, -0.25) is 0 Å². The Balaban J connectivity index is 1.80. The van der Waals surface area contributed by atoms with E-state index in [0.29, 0.717) is 28.0 Å². The second-order valence-electron chi connectivity index (χ2n) is 6.23. The zero-order valence-corrected chi connectivity index (χ0v) is 18.2. The van der Waals surface area contributed by atoms with E-state index in [1.165, 1.54) is 11.8 Å². The minimum absolute atomic E-state index is 0.340. The maximum absolute atomic E-state index is 11.0. The van der Waals surface area contributed by atoms with Crippen molar-refractivity contribution in [3.05, 3.63) is 52.5 Å². The number of halogens is 1. The van der Waals surface area contributed by atoms with Crippen LogP contribution in [0.25, 0.3) is 11.3 Å². The molecule has 0 unspecified atom stereocenters. The van der Waals surface area contributed by atoms with Gasteiger partial charge in [-0.1, -0.05) is 52.8 Å². The standard InChI is InChI=1S/C20H17BrN4O4S/c1-2-30-20-23-19-17(24-25-20)12-5-3-4-6-14(12)22-18(29-19)13-9-11(21)7-8-15(13)28-10-16(26)27/h3-9,18,22H,2,10H2,1H3,(H,26,27)/t18-/m1/s1. The number of benzene rings is 2. The molecule has 2 heterocycles. The average molecular weight is 489 g/mol. The lowest BCUT2D eigenvalue weighted by molar-refractivity contribution is -0.139. The average Bonchev–Trinajstić information content (AvgIpc) is 2.89. The summed E-state index contributed by atoms with van der Waals surface area (Å²) < 4.78 is 12.5. The van der Waals surface area contributed by atoms with Crippen LogP contribution in [-0.2, 0) is 4.79 Å². The number of rotatable bonds is 6. The third-order valence-corrected chi connectivity index (χ3v) is 5.43. The van der Waals surface area contributed by atoms with Crippen LogP contribution in [0.3, 0.4) is 0 Å². The van der Waals surface area contributed by atoms with E-state index in [-0.39, 0.29) is 0 Å². The van der Waals surface area contributed by atoms with Crippen LogP contribution in [0.1, 0.15) is 18.7 Å². The molecule has 0 bridgehead atoms. The number of hydrogen-bond acceptors (Lipinski definition) is 8. The zero-order valence-electron chi connectivity index (χ0n) is 15.8. The lowest BCUT2D eigenvalue weighted by atomic mass is 10.1. The highest BCUT2D eigenvalue weighted by atomic mass is 79.9. The molecule has 0 fully saturated rings. The van der Waals surface area contributed by atoms with Gasteiger partial charge in [0.05, 0.1) is 5.56 Å². The third-order valence-electron chi connectivity index (χ3n) is 4.21. The lowest BCUT2D eigenvalue weighted by Gasteiger charge is -2.22. The molecular weight excluding hydrogens is 472 g/mol. The van der Waals surface area contributed by atoms with Crippen LogP contribution in [0.4, 0.5) is 5.69 Å². The van der Waals surface area contributed by atoms with Gasteiger partial charge in [0.2, 0.25) is 17.3 Å². The van der Waals surface area contributed by atoms with Gasteiger partial charge in [0, 0.05) is 15.7 Å². The van der Waals surface area contributed by atoms with Crippen LogP contribution in [0, 0.1) is 0 Å². The first kappa shape index (κ1) is 20.4. The molecule has 0 saturated heterocycles. The molecule has 1 aliphatic rings. The normalized spacial score (nSPS) is 14.5. The highest BCUT2D eigenvalue weighted by Gasteiger charge is 2.28. The summed E-state index contributed by atoms with van der Waals surface area (Å²) in [6.07, 6.45) is -0.690. The van der Waals surface area contributed by atoms with Crippen LogP contribution in [0.5, 0.6) is 11.6 Å². The van der Waals surface area contributed by atoms with Gasteiger partial charge < -0.3 is 19.9 Å². The van der Waals surface area contributed by atoms with Crippen LogP contribution in [0.15, 0.2) is 52.1 Å². The summed E-state index contributed by atoms with van der Waals surface area (Å²) in [6, 6.07) is 12.9. The van der Waals surface area contributed by atoms with Crippen molar-refractivity contribution in [1.29, 1.82) is 0 Å². The fourth-order valence-corrected chi connectivity index (χ4v) is 3.86. The topological polar surface area (TPSA) is 106 Å². The second-order valence-corrected chi connectivity index (χ2v) is 8.38. The number of nitrogens with zero attached hydrogens (tertiary/aromatic N) is 3. The number of hydrogen-bond donors (Lipinski definition) is 2. The molecule has 0 saturated carbocycles. The fourth-order valence-electron chi connectivity index (χ4n) is 2.97. The maximum atomic E-state index is 11.0. The predicted molar refractivity (Wildman–Crippen MR) is 116 cm³/mol. The smallest absolute Gasteiger partial charge is 0.341 e. The van der Waals surface area contributed by atoms with E-state index in [4.69, 9.17) is 14.6 Å². The molecule has 0 radical (unpaired) electrons. The fraction of sp³-hybridized carbons (Fsp3) is 0.200. The van der Waals surface area contributed by atoms with Gasteiger partial charge in [-0.05, 0) is 30.0 Å². The molecule has 3 aromatic rings. The van der Waals surface area contributed by atoms with Crippen LogP contribution >= 0.6 is 27.7 Å². The van der Waals surface area contributed by atoms with E-state index in [9.17, 15) is 4.79 Å². The summed E-state index contributed by atoms with van der Waals surface area (Å²) in [5.41, 5.74) is 2.75. The Labute approximate surface area is 185 Å². The number of fused-ring (bicyclic) bond motifs is 3. The molecule has 30 heavy (non-hydrogen) atoms. The van der Waals surface area contributed by atoms with E-state index in [0.717, 1.165) is 21.5 Å². The van der Waals surface area contributed by atoms with Crippen molar-refractivity contribution in [1.82, 2.24) is 15.2 Å². The number of carboxylic acid groups (broad SMARTS) is 1. The first-order chi connectivity index (χ1) is 14.5. The Morgan fingerprint density at radius 1 is 1.30 bits per heavy atom. The van der Waals surface area contributed by atoms with Crippen LogP contribution in [-0.4, -0.2) is 38.6 Å². The van der Waals surface area contributed by atoms with Gasteiger partial charge in [0.1, 0.15) is 5.75 Å². The Hall–Kier alpha value is -2.85. The SMILES string of the molecule is CCSc1nnc2c(n1)O[C@H](c1cc(Br)ccc1OCC(=O)O)Nc1ccccc1-2. The van der Waals surface area contributed by atoms with Crippen molar-refractivity contribution >= 4 is 39.3 Å². The van der Waals surface area contributed by atoms with Crippen molar-refractivity contribution in [2.75, 3.05) is 17.7 Å². The first-order valence-electron chi connectivity index (χ1n) is 9.09. The number of ether oxygens (including phenoxy) is 2. The third kappa shape index (κ3) is 4.34. The molecular formula is C20H17BrN4O4S. The summed E-state index contributed by atoms with van der Waals surface area (Å²) in [5.74, 6) is 0.474. The number of anilines is 1. The van der Waals surface area contributed by atoms with Crippen LogP contribution < -0.4 is 14.8 Å². The van der Waals surface area contributed by atoms with Crippen molar-refractivity contribution in [2.24, 2.45) is 0 Å². The molecule has 1 aliphatic heterocycles. The highest BCUT2D eigenvalue weighted by molar-refractivity contribution is 9.10. The molecule has 1 atom stereocenters. The van der Waals surface area contributed by atoms with Gasteiger partial charge in [-0.15, -0.1) is 10.2 Å². The molecule has 4 rings (SSSR count). The quantitative estimate of drug-likeness (QED) is 0.488. The number of aliphatic carboxylic acids is 1. The first-order valence-corrected chi connectivity index (χ1v) is 10.9. The summed E-state index contributed by atoms with van der Waals surface area (Å²) in [4.78, 5) is 15.5. The summed E-state index contributed by atoms with van der Waals surface area (Å²) in [5, 5.41) is 21.4. The lowest BCUT2D eigenvalue weighted by Crippen LogP contribution is -2.19. The molecule has 0 amide bonds. The molecule has 8 nitrogen and oxygen atoms in total. The largest absolute Gasteiger partial charge is 0.481 e. The number of carboxylic acids is 1. The monoisotopic (exact) mass is 488 g/mol. The van der Waals surface area contributed by atoms with E-state index in [1.807, 2.05) is 37.3 Å². The second kappa shape index (κ2) is 8.88. The van der Waals surface area contributed by atoms with Gasteiger partial charge in [0.25, 0.3) is 0 Å². The van der Waals surface area contributed by atoms with Gasteiger partial charge in [-0.25, -0.2) is 4.79 Å². The summed E-state index contributed by atoms with van der Waals surface area (Å²) in [6.45, 7) is 1.54. The van der Waals surface area contributed by atoms with Crippen molar-refractivity contribution < 1.29 is 19.4 Å². The molecule has 0 spiro atoms. The molecule has 10 heteroatoms. The number of para-hydroxylation sites is 1. The minimum atomic E-state index is -1.06. The summed E-state index contributed by atoms with van der Waals surface area (Å²) in [7, 11) is 0. The van der Waals surface area contributed by atoms with Crippen molar-refractivity contribution in [3.63, 3.8) is 0 Å². The van der Waals surface area contributed by atoms with E-state index in [2.05, 4.69) is 36.4 Å². The van der Waals surface area contributed by atoms with E-state index in [1.54, 1.807) is 12.1 Å². The number of nitrogens with one attached hydrogen (secondary N) is 1. The Kier molecular flexibility index (Phi) is 6.05. The Bertz CT molecular complexity index is 1100. The minimum Gasteiger partial charge on any atom is -0.481 e. The molecule has 2 aromatic carbocycles. The van der Waals surface area contributed by atoms with E-state index < -0.39 is 18.8 Å². The van der Waals surface area contributed by atoms with Crippen molar-refractivity contribution in [3.8, 4) is 22.9 Å². The highest BCUT2D eigenvalue weighted by Crippen LogP contribution is 2.41. The number of carbonyl (C=O) groups is 1. The van der Waals surface area contributed by atoms with Gasteiger partial charge >= 0.3 is 5.97 Å². The van der Waals surface area contributed by atoms with Crippen LogP contribution in [0.2, 0.25) is 0 Å². The van der Waals surface area contributed by atoms with Crippen molar-refractivity contribution in [2.45, 2.75) is 18.3 Å². The van der Waals surface area contributed by atoms with Gasteiger partial charge in [0.15, 0.2) is 12.3 Å². The Morgan fingerprint density at radius 3 is 2.93 bits per heavy atom. The molecule has 2 N–H and O–H groups in total.